The molecule has 1 amide bonds. The van der Waals surface area contributed by atoms with E-state index in [1.807, 2.05) is 29.2 Å². The Labute approximate surface area is 121 Å². The van der Waals surface area contributed by atoms with E-state index in [0.717, 1.165) is 25.9 Å². The summed E-state index contributed by atoms with van der Waals surface area (Å²) in [5, 5.41) is 3.46. The van der Waals surface area contributed by atoms with Gasteiger partial charge in [0.1, 0.15) is 12.4 Å². The van der Waals surface area contributed by atoms with Crippen molar-refractivity contribution in [3.8, 4) is 5.75 Å². The van der Waals surface area contributed by atoms with Crippen molar-refractivity contribution in [3.05, 3.63) is 29.8 Å². The molecule has 1 atom stereocenters. The van der Waals surface area contributed by atoms with Crippen molar-refractivity contribution in [3.63, 3.8) is 0 Å². The number of benzene rings is 1. The molecule has 1 aliphatic rings. The van der Waals surface area contributed by atoms with Gasteiger partial charge in [0.2, 0.25) is 0 Å². The fourth-order valence-corrected chi connectivity index (χ4v) is 2.64. The van der Waals surface area contributed by atoms with Crippen LogP contribution in [-0.4, -0.2) is 43.1 Å². The van der Waals surface area contributed by atoms with E-state index in [0.29, 0.717) is 30.5 Å². The van der Waals surface area contributed by atoms with Crippen LogP contribution in [0.15, 0.2) is 24.3 Å². The summed E-state index contributed by atoms with van der Waals surface area (Å²) >= 11 is 0. The van der Waals surface area contributed by atoms with Gasteiger partial charge in [-0.15, -0.1) is 0 Å². The minimum absolute atomic E-state index is 0.0807. The van der Waals surface area contributed by atoms with Gasteiger partial charge in [-0.1, -0.05) is 32.4 Å². The summed E-state index contributed by atoms with van der Waals surface area (Å²) in [6.45, 7) is 7.17. The third-order valence-corrected chi connectivity index (χ3v) is 3.59. The molecule has 1 N–H and O–H groups in total. The molecule has 4 nitrogen and oxygen atoms in total. The predicted molar refractivity (Wildman–Crippen MR) is 80.2 cm³/mol. The highest BCUT2D eigenvalue weighted by atomic mass is 16.5. The van der Waals surface area contributed by atoms with E-state index < -0.39 is 0 Å². The van der Waals surface area contributed by atoms with Crippen molar-refractivity contribution in [1.29, 1.82) is 0 Å². The van der Waals surface area contributed by atoms with E-state index in [9.17, 15) is 4.79 Å². The van der Waals surface area contributed by atoms with Crippen LogP contribution >= 0.6 is 0 Å². The van der Waals surface area contributed by atoms with E-state index >= 15 is 0 Å². The maximum Gasteiger partial charge on any atom is 0.257 e. The molecular weight excluding hydrogens is 252 g/mol. The number of hydrogen-bond donors (Lipinski definition) is 1. The molecule has 110 valence electrons. The fraction of sp³-hybridized carbons (Fsp3) is 0.562. The molecule has 2 rings (SSSR count). The van der Waals surface area contributed by atoms with E-state index in [1.54, 1.807) is 0 Å². The van der Waals surface area contributed by atoms with E-state index in [2.05, 4.69) is 19.2 Å². The standard InChI is InChI=1S/C16H24N2O2/c1-3-7-13(17-4-2)12-18-10-11-20-15-9-6-5-8-14(15)16(18)19/h5-6,8-9,13,17H,3-4,7,10-12H2,1-2H3. The molecule has 4 heteroatoms. The van der Waals surface area contributed by atoms with Crippen LogP contribution < -0.4 is 10.1 Å². The third kappa shape index (κ3) is 3.51. The lowest BCUT2D eigenvalue weighted by atomic mass is 10.1. The summed E-state index contributed by atoms with van der Waals surface area (Å²) in [7, 11) is 0. The Morgan fingerprint density at radius 2 is 2.15 bits per heavy atom. The molecule has 0 fully saturated rings. The Morgan fingerprint density at radius 3 is 2.90 bits per heavy atom. The van der Waals surface area contributed by atoms with Crippen molar-refractivity contribution in [2.75, 3.05) is 26.2 Å². The molecule has 0 bridgehead atoms. The van der Waals surface area contributed by atoms with Crippen LogP contribution in [0.1, 0.15) is 37.0 Å². The topological polar surface area (TPSA) is 41.6 Å². The molecule has 1 aliphatic heterocycles. The number of carbonyl (C=O) groups excluding carboxylic acids is 1. The monoisotopic (exact) mass is 276 g/mol. The minimum atomic E-state index is 0.0807. The van der Waals surface area contributed by atoms with Crippen molar-refractivity contribution >= 4 is 5.91 Å². The van der Waals surface area contributed by atoms with Crippen molar-refractivity contribution in [1.82, 2.24) is 10.2 Å². The van der Waals surface area contributed by atoms with Crippen LogP contribution in [0, 0.1) is 0 Å². The Morgan fingerprint density at radius 1 is 1.35 bits per heavy atom. The van der Waals surface area contributed by atoms with Gasteiger partial charge < -0.3 is 15.0 Å². The zero-order valence-corrected chi connectivity index (χ0v) is 12.4. The van der Waals surface area contributed by atoms with Crippen LogP contribution in [0.25, 0.3) is 0 Å². The van der Waals surface area contributed by atoms with Crippen molar-refractivity contribution in [2.45, 2.75) is 32.7 Å². The van der Waals surface area contributed by atoms with Crippen LogP contribution in [0.3, 0.4) is 0 Å². The number of nitrogens with one attached hydrogen (secondary N) is 1. The third-order valence-electron chi connectivity index (χ3n) is 3.59. The predicted octanol–water partition coefficient (Wildman–Crippen LogP) is 2.30. The number of ether oxygens (including phenoxy) is 1. The average Bonchev–Trinajstić information content (AvgIpc) is 2.60. The highest BCUT2D eigenvalue weighted by Gasteiger charge is 2.24. The van der Waals surface area contributed by atoms with Gasteiger partial charge in [-0.25, -0.2) is 0 Å². The summed E-state index contributed by atoms with van der Waals surface area (Å²) in [4.78, 5) is 14.5. The first-order valence-corrected chi connectivity index (χ1v) is 7.50. The summed E-state index contributed by atoms with van der Waals surface area (Å²) in [5.41, 5.74) is 0.678. The maximum absolute atomic E-state index is 12.6. The SMILES string of the molecule is CCCC(CN1CCOc2ccccc2C1=O)NCC. The molecule has 1 aromatic carbocycles. The van der Waals surface area contributed by atoms with E-state index in [4.69, 9.17) is 4.74 Å². The zero-order valence-electron chi connectivity index (χ0n) is 12.4. The highest BCUT2D eigenvalue weighted by molar-refractivity contribution is 5.97. The minimum Gasteiger partial charge on any atom is -0.491 e. The lowest BCUT2D eigenvalue weighted by molar-refractivity contribution is 0.0736. The van der Waals surface area contributed by atoms with Gasteiger partial charge >= 0.3 is 0 Å². The second kappa shape index (κ2) is 7.29. The molecule has 0 radical (unpaired) electrons. The fourth-order valence-electron chi connectivity index (χ4n) is 2.64. The number of para-hydroxylation sites is 1. The Bertz CT molecular complexity index is 442. The largest absolute Gasteiger partial charge is 0.491 e. The lowest BCUT2D eigenvalue weighted by Crippen LogP contribution is -2.44. The first-order chi connectivity index (χ1) is 9.76. The lowest BCUT2D eigenvalue weighted by Gasteiger charge is -2.26. The Hall–Kier alpha value is -1.55. The van der Waals surface area contributed by atoms with Gasteiger partial charge in [0, 0.05) is 12.6 Å². The molecule has 0 saturated heterocycles. The number of hydrogen-bond acceptors (Lipinski definition) is 3. The normalized spacial score (nSPS) is 16.3. The van der Waals surface area contributed by atoms with Gasteiger partial charge in [0.15, 0.2) is 0 Å². The van der Waals surface area contributed by atoms with E-state index in [1.165, 1.54) is 0 Å². The molecule has 0 spiro atoms. The molecule has 0 aromatic heterocycles. The number of carbonyl (C=O) groups is 1. The highest BCUT2D eigenvalue weighted by Crippen LogP contribution is 2.22. The van der Waals surface area contributed by atoms with Crippen LogP contribution in [0.4, 0.5) is 0 Å². The number of nitrogens with zero attached hydrogens (tertiary/aromatic N) is 1. The van der Waals surface area contributed by atoms with Gasteiger partial charge in [-0.05, 0) is 25.1 Å². The Balaban J connectivity index is 2.10. The van der Waals surface area contributed by atoms with Gasteiger partial charge in [0.25, 0.3) is 5.91 Å². The molecular formula is C16H24N2O2. The molecule has 1 unspecified atom stereocenters. The average molecular weight is 276 g/mol. The smallest absolute Gasteiger partial charge is 0.257 e. The van der Waals surface area contributed by atoms with Crippen LogP contribution in [-0.2, 0) is 0 Å². The van der Waals surface area contributed by atoms with Gasteiger partial charge in [-0.3, -0.25) is 4.79 Å². The second-order valence-electron chi connectivity index (χ2n) is 5.14. The molecule has 1 heterocycles. The van der Waals surface area contributed by atoms with E-state index in [-0.39, 0.29) is 5.91 Å². The molecule has 1 aromatic rings. The molecule has 20 heavy (non-hydrogen) atoms. The quantitative estimate of drug-likeness (QED) is 0.867. The van der Waals surface area contributed by atoms with Crippen LogP contribution in [0.2, 0.25) is 0 Å². The number of rotatable bonds is 6. The second-order valence-corrected chi connectivity index (χ2v) is 5.14. The number of likely N-dealkylation sites (N-methyl/N-ethyl adjacent to an activating group) is 1. The molecule has 0 aliphatic carbocycles. The zero-order chi connectivity index (χ0) is 14.4. The number of amides is 1. The Kier molecular flexibility index (Phi) is 5.41. The summed E-state index contributed by atoms with van der Waals surface area (Å²) in [6.07, 6.45) is 2.20. The molecule has 0 saturated carbocycles. The van der Waals surface area contributed by atoms with Gasteiger partial charge in [-0.2, -0.15) is 0 Å². The first kappa shape index (κ1) is 14.9. The summed E-state index contributed by atoms with van der Waals surface area (Å²) in [6, 6.07) is 7.86. The van der Waals surface area contributed by atoms with Gasteiger partial charge in [0.05, 0.1) is 12.1 Å². The van der Waals surface area contributed by atoms with Crippen LogP contribution in [0.5, 0.6) is 5.75 Å². The van der Waals surface area contributed by atoms with Crippen molar-refractivity contribution in [2.24, 2.45) is 0 Å². The maximum atomic E-state index is 12.6. The number of fused-ring (bicyclic) bond motifs is 1. The first-order valence-electron chi connectivity index (χ1n) is 7.50. The summed E-state index contributed by atoms with van der Waals surface area (Å²) < 4.78 is 5.67. The summed E-state index contributed by atoms with van der Waals surface area (Å²) in [5.74, 6) is 0.785. The van der Waals surface area contributed by atoms with Crippen molar-refractivity contribution < 1.29 is 9.53 Å².